The first-order valence-corrected chi connectivity index (χ1v) is 8.30. The van der Waals surface area contributed by atoms with Gasteiger partial charge in [-0.15, -0.1) is 0 Å². The lowest BCUT2D eigenvalue weighted by atomic mass is 10.0. The molecule has 0 saturated carbocycles. The van der Waals surface area contributed by atoms with E-state index < -0.39 is 6.10 Å². The molecule has 2 atom stereocenters. The van der Waals surface area contributed by atoms with Gasteiger partial charge in [-0.05, 0) is 31.9 Å². The Balaban J connectivity index is 1.67. The zero-order valence-corrected chi connectivity index (χ0v) is 14.2. The number of methoxy groups -OCH3 is 1. The SMILES string of the molecule is COc1cccc(CN2CCC[C@@H]2C[C@H](O)c2cnn(C)c2)c1F. The molecule has 0 bridgehead atoms. The van der Waals surface area contributed by atoms with E-state index in [2.05, 4.69) is 10.00 Å². The molecule has 0 unspecified atom stereocenters. The maximum absolute atomic E-state index is 14.4. The molecule has 24 heavy (non-hydrogen) atoms. The highest BCUT2D eigenvalue weighted by Gasteiger charge is 2.28. The van der Waals surface area contributed by atoms with Crippen LogP contribution in [0.4, 0.5) is 4.39 Å². The highest BCUT2D eigenvalue weighted by Crippen LogP contribution is 2.30. The summed E-state index contributed by atoms with van der Waals surface area (Å²) in [5.41, 5.74) is 1.47. The van der Waals surface area contributed by atoms with Crippen LogP contribution in [0, 0.1) is 5.82 Å². The first-order valence-electron chi connectivity index (χ1n) is 8.30. The van der Waals surface area contributed by atoms with Crippen LogP contribution < -0.4 is 4.74 Å². The Morgan fingerprint density at radius 2 is 2.29 bits per heavy atom. The van der Waals surface area contributed by atoms with Crippen LogP contribution in [-0.2, 0) is 13.6 Å². The van der Waals surface area contributed by atoms with Crippen molar-refractivity contribution in [3.05, 3.63) is 47.5 Å². The molecular weight excluding hydrogens is 309 g/mol. The highest BCUT2D eigenvalue weighted by atomic mass is 19.1. The molecular formula is C18H24FN3O2. The van der Waals surface area contributed by atoms with Crippen molar-refractivity contribution < 1.29 is 14.2 Å². The van der Waals surface area contributed by atoms with Gasteiger partial charge in [0.15, 0.2) is 11.6 Å². The number of ether oxygens (including phenoxy) is 1. The van der Waals surface area contributed by atoms with Crippen molar-refractivity contribution in [1.82, 2.24) is 14.7 Å². The minimum atomic E-state index is -0.542. The zero-order chi connectivity index (χ0) is 17.1. The lowest BCUT2D eigenvalue weighted by Crippen LogP contribution is -2.30. The van der Waals surface area contributed by atoms with Crippen LogP contribution in [0.3, 0.4) is 0 Å². The topological polar surface area (TPSA) is 50.5 Å². The summed E-state index contributed by atoms with van der Waals surface area (Å²) >= 11 is 0. The molecule has 0 aliphatic carbocycles. The van der Waals surface area contributed by atoms with Gasteiger partial charge in [-0.3, -0.25) is 9.58 Å². The third-order valence-electron chi connectivity index (χ3n) is 4.74. The molecule has 3 rings (SSSR count). The van der Waals surface area contributed by atoms with Gasteiger partial charge in [0.05, 0.1) is 19.4 Å². The quantitative estimate of drug-likeness (QED) is 0.883. The van der Waals surface area contributed by atoms with E-state index in [0.717, 1.165) is 24.9 Å². The van der Waals surface area contributed by atoms with Gasteiger partial charge < -0.3 is 9.84 Å². The molecule has 1 saturated heterocycles. The van der Waals surface area contributed by atoms with Gasteiger partial charge >= 0.3 is 0 Å². The smallest absolute Gasteiger partial charge is 0.169 e. The average molecular weight is 333 g/mol. The lowest BCUT2D eigenvalue weighted by molar-refractivity contribution is 0.117. The predicted molar refractivity (Wildman–Crippen MR) is 89.2 cm³/mol. The van der Waals surface area contributed by atoms with Crippen LogP contribution in [0.2, 0.25) is 0 Å². The number of aromatic nitrogens is 2. The van der Waals surface area contributed by atoms with Crippen molar-refractivity contribution >= 4 is 0 Å². The third kappa shape index (κ3) is 3.60. The maximum Gasteiger partial charge on any atom is 0.169 e. The molecule has 0 spiro atoms. The van der Waals surface area contributed by atoms with Crippen molar-refractivity contribution in [2.24, 2.45) is 7.05 Å². The Bertz CT molecular complexity index is 689. The molecule has 0 radical (unpaired) electrons. The Labute approximate surface area is 141 Å². The van der Waals surface area contributed by atoms with Gasteiger partial charge in [0.2, 0.25) is 0 Å². The Morgan fingerprint density at radius 1 is 1.46 bits per heavy atom. The van der Waals surface area contributed by atoms with Gasteiger partial charge in [0, 0.05) is 37.0 Å². The molecule has 6 heteroatoms. The van der Waals surface area contributed by atoms with Crippen LogP contribution in [0.15, 0.2) is 30.6 Å². The molecule has 2 aromatic rings. The van der Waals surface area contributed by atoms with Gasteiger partial charge in [0.25, 0.3) is 0 Å². The van der Waals surface area contributed by atoms with Crippen LogP contribution in [0.1, 0.15) is 36.5 Å². The number of hydrogen-bond acceptors (Lipinski definition) is 4. The summed E-state index contributed by atoms with van der Waals surface area (Å²) < 4.78 is 21.1. The number of nitrogens with zero attached hydrogens (tertiary/aromatic N) is 3. The van der Waals surface area contributed by atoms with Gasteiger partial charge in [-0.1, -0.05) is 12.1 Å². The second kappa shape index (κ2) is 7.32. The molecule has 5 nitrogen and oxygen atoms in total. The van der Waals surface area contributed by atoms with E-state index in [0.29, 0.717) is 18.5 Å². The van der Waals surface area contributed by atoms with Crippen LogP contribution in [0.5, 0.6) is 5.75 Å². The summed E-state index contributed by atoms with van der Waals surface area (Å²) in [7, 11) is 3.31. The van der Waals surface area contributed by atoms with Crippen LogP contribution in [-0.4, -0.2) is 39.5 Å². The minimum absolute atomic E-state index is 0.241. The van der Waals surface area contributed by atoms with Crippen molar-refractivity contribution in [2.45, 2.75) is 38.0 Å². The van der Waals surface area contributed by atoms with Crippen LogP contribution >= 0.6 is 0 Å². The molecule has 1 aromatic carbocycles. The molecule has 1 aliphatic rings. The second-order valence-electron chi connectivity index (χ2n) is 6.40. The Kier molecular flexibility index (Phi) is 5.16. The second-order valence-corrected chi connectivity index (χ2v) is 6.40. The fourth-order valence-corrected chi connectivity index (χ4v) is 3.43. The number of benzene rings is 1. The van der Waals surface area contributed by atoms with Gasteiger partial charge in [-0.2, -0.15) is 5.10 Å². The lowest BCUT2D eigenvalue weighted by Gasteiger charge is -2.26. The summed E-state index contributed by atoms with van der Waals surface area (Å²) in [6, 6.07) is 5.48. The molecule has 1 aromatic heterocycles. The highest BCUT2D eigenvalue weighted by molar-refractivity contribution is 5.31. The Morgan fingerprint density at radius 3 is 3.00 bits per heavy atom. The fraction of sp³-hybridized carbons (Fsp3) is 0.500. The first kappa shape index (κ1) is 16.9. The molecule has 1 aliphatic heterocycles. The zero-order valence-electron chi connectivity index (χ0n) is 14.2. The Hall–Kier alpha value is -1.92. The number of aliphatic hydroxyl groups excluding tert-OH is 1. The van der Waals surface area contributed by atoms with E-state index in [-0.39, 0.29) is 17.6 Å². The fourth-order valence-electron chi connectivity index (χ4n) is 3.43. The minimum Gasteiger partial charge on any atom is -0.494 e. The van der Waals surface area contributed by atoms with E-state index in [1.165, 1.54) is 7.11 Å². The summed E-state index contributed by atoms with van der Waals surface area (Å²) in [5.74, 6) is -0.0166. The van der Waals surface area contributed by atoms with E-state index >= 15 is 0 Å². The van der Waals surface area contributed by atoms with Crippen molar-refractivity contribution in [1.29, 1.82) is 0 Å². The maximum atomic E-state index is 14.4. The summed E-state index contributed by atoms with van der Waals surface area (Å²) in [6.07, 6.45) is 5.72. The van der Waals surface area contributed by atoms with Crippen LogP contribution in [0.25, 0.3) is 0 Å². The summed E-state index contributed by atoms with van der Waals surface area (Å²) in [5, 5.41) is 14.6. The normalized spacial score (nSPS) is 19.6. The molecule has 1 fully saturated rings. The third-order valence-corrected chi connectivity index (χ3v) is 4.74. The van der Waals surface area contributed by atoms with E-state index in [1.807, 2.05) is 19.3 Å². The van der Waals surface area contributed by atoms with E-state index in [1.54, 1.807) is 23.0 Å². The van der Waals surface area contributed by atoms with Gasteiger partial charge in [0.1, 0.15) is 0 Å². The number of halogens is 1. The summed E-state index contributed by atoms with van der Waals surface area (Å²) in [4.78, 5) is 2.25. The van der Waals surface area contributed by atoms with Gasteiger partial charge in [-0.25, -0.2) is 4.39 Å². The number of aliphatic hydroxyl groups is 1. The monoisotopic (exact) mass is 333 g/mol. The first-order chi connectivity index (χ1) is 11.6. The predicted octanol–water partition coefficient (Wildman–Crippen LogP) is 2.66. The van der Waals surface area contributed by atoms with Crippen molar-refractivity contribution in [3.63, 3.8) is 0 Å². The standard InChI is InChI=1S/C18H24FN3O2/c1-21-11-14(10-20-21)16(23)9-15-6-4-8-22(15)12-13-5-3-7-17(24-2)18(13)19/h3,5,7,10-11,15-16,23H,4,6,8-9,12H2,1-2H3/t15-,16+/m1/s1. The van der Waals surface area contributed by atoms with E-state index in [4.69, 9.17) is 4.74 Å². The molecule has 130 valence electrons. The number of aryl methyl sites for hydroxylation is 1. The van der Waals surface area contributed by atoms with Crippen molar-refractivity contribution in [2.75, 3.05) is 13.7 Å². The number of hydrogen-bond donors (Lipinski definition) is 1. The van der Waals surface area contributed by atoms with Crippen molar-refractivity contribution in [3.8, 4) is 5.75 Å². The number of rotatable bonds is 6. The number of likely N-dealkylation sites (tertiary alicyclic amines) is 1. The average Bonchev–Trinajstić information content (AvgIpc) is 3.19. The summed E-state index contributed by atoms with van der Waals surface area (Å²) in [6.45, 7) is 1.45. The van der Waals surface area contributed by atoms with E-state index in [9.17, 15) is 9.50 Å². The molecule has 0 amide bonds. The largest absolute Gasteiger partial charge is 0.494 e. The molecule has 1 N–H and O–H groups in total. The molecule has 2 heterocycles.